The van der Waals surface area contributed by atoms with Crippen molar-refractivity contribution in [1.29, 1.82) is 0 Å². The third-order valence-electron chi connectivity index (χ3n) is 5.70. The van der Waals surface area contributed by atoms with Gasteiger partial charge >= 0.3 is 0 Å². The van der Waals surface area contributed by atoms with Crippen LogP contribution in [0.5, 0.6) is 0 Å². The Bertz CT molecular complexity index is 660. The fourth-order valence-electron chi connectivity index (χ4n) is 4.36. The molecule has 0 amide bonds. The summed E-state index contributed by atoms with van der Waals surface area (Å²) in [6.45, 7) is 2.14. The molecule has 3 aliphatic rings. The summed E-state index contributed by atoms with van der Waals surface area (Å²) in [6, 6.07) is 15.3. The van der Waals surface area contributed by atoms with Crippen molar-refractivity contribution in [3.63, 3.8) is 0 Å². The van der Waals surface area contributed by atoms with Crippen LogP contribution in [0.15, 0.2) is 48.5 Å². The summed E-state index contributed by atoms with van der Waals surface area (Å²) in [6.07, 6.45) is 3.52. The second-order valence-electron chi connectivity index (χ2n) is 7.01. The molecule has 126 valence electrons. The second-order valence-corrected chi connectivity index (χ2v) is 7.88. The van der Waals surface area contributed by atoms with Gasteiger partial charge in [0.1, 0.15) is 5.60 Å². The first-order valence-electron chi connectivity index (χ1n) is 8.56. The SMILES string of the molecule is OC(c1ccc(Cl)cc1)(c1ccc(Cl)cc1)[C@H]1CC2CCN1CC2. The molecule has 1 atom stereocenters. The van der Waals surface area contributed by atoms with Crippen LogP contribution in [-0.2, 0) is 5.60 Å². The van der Waals surface area contributed by atoms with E-state index in [-0.39, 0.29) is 6.04 Å². The van der Waals surface area contributed by atoms with Crippen LogP contribution in [0, 0.1) is 5.92 Å². The zero-order valence-electron chi connectivity index (χ0n) is 13.5. The first kappa shape index (κ1) is 16.4. The first-order chi connectivity index (χ1) is 11.6. The van der Waals surface area contributed by atoms with E-state index in [1.54, 1.807) is 0 Å². The minimum absolute atomic E-state index is 0.0901. The van der Waals surface area contributed by atoms with Crippen LogP contribution < -0.4 is 0 Å². The van der Waals surface area contributed by atoms with Crippen LogP contribution in [0.4, 0.5) is 0 Å². The molecule has 0 aliphatic carbocycles. The normalized spacial score (nSPS) is 26.5. The zero-order chi connectivity index (χ0) is 16.7. The number of nitrogens with zero attached hydrogens (tertiary/aromatic N) is 1. The average Bonchev–Trinajstić information content (AvgIpc) is 2.63. The molecule has 2 aromatic carbocycles. The van der Waals surface area contributed by atoms with E-state index in [0.717, 1.165) is 30.6 Å². The van der Waals surface area contributed by atoms with E-state index in [1.165, 1.54) is 12.8 Å². The molecular weight excluding hydrogens is 341 g/mol. The van der Waals surface area contributed by atoms with Crippen LogP contribution in [-0.4, -0.2) is 29.1 Å². The summed E-state index contributed by atoms with van der Waals surface area (Å²) < 4.78 is 0. The molecule has 3 saturated heterocycles. The number of hydrogen-bond acceptors (Lipinski definition) is 2. The molecule has 0 spiro atoms. The lowest BCUT2D eigenvalue weighted by Crippen LogP contribution is -2.58. The van der Waals surface area contributed by atoms with E-state index >= 15 is 0 Å². The molecule has 0 aromatic heterocycles. The average molecular weight is 362 g/mol. The van der Waals surface area contributed by atoms with E-state index < -0.39 is 5.60 Å². The Morgan fingerprint density at radius 3 is 1.67 bits per heavy atom. The van der Waals surface area contributed by atoms with Crippen molar-refractivity contribution in [1.82, 2.24) is 4.90 Å². The van der Waals surface area contributed by atoms with Gasteiger partial charge in [-0.1, -0.05) is 47.5 Å². The third kappa shape index (κ3) is 2.76. The Hall–Kier alpha value is -1.06. The largest absolute Gasteiger partial charge is 0.379 e. The Morgan fingerprint density at radius 2 is 1.29 bits per heavy atom. The van der Waals surface area contributed by atoms with E-state index in [1.807, 2.05) is 48.5 Å². The summed E-state index contributed by atoms with van der Waals surface area (Å²) in [7, 11) is 0. The maximum absolute atomic E-state index is 12.0. The standard InChI is InChI=1S/C20H21Cl2NO/c21-17-5-1-15(2-6-17)20(24,16-3-7-18(22)8-4-16)19-13-14-9-11-23(19)12-10-14/h1-8,14,19,24H,9-13H2/t19-/m1/s1. The summed E-state index contributed by atoms with van der Waals surface area (Å²) in [5.41, 5.74) is 0.743. The second kappa shape index (κ2) is 6.34. The molecule has 24 heavy (non-hydrogen) atoms. The van der Waals surface area contributed by atoms with Crippen molar-refractivity contribution in [2.75, 3.05) is 13.1 Å². The number of piperidine rings is 3. The van der Waals surface area contributed by atoms with Crippen molar-refractivity contribution in [2.24, 2.45) is 5.92 Å². The molecule has 3 heterocycles. The Balaban J connectivity index is 1.82. The van der Waals surface area contributed by atoms with Crippen LogP contribution >= 0.6 is 23.2 Å². The first-order valence-corrected chi connectivity index (χ1v) is 9.31. The van der Waals surface area contributed by atoms with Crippen molar-refractivity contribution in [3.8, 4) is 0 Å². The van der Waals surface area contributed by atoms with E-state index in [9.17, 15) is 5.11 Å². The predicted octanol–water partition coefficient (Wildman–Crippen LogP) is 4.71. The third-order valence-corrected chi connectivity index (χ3v) is 6.20. The molecule has 2 nitrogen and oxygen atoms in total. The lowest BCUT2D eigenvalue weighted by molar-refractivity contribution is -0.0746. The quantitative estimate of drug-likeness (QED) is 0.855. The molecule has 0 radical (unpaired) electrons. The van der Waals surface area contributed by atoms with Gasteiger partial charge in [-0.15, -0.1) is 0 Å². The molecule has 1 N–H and O–H groups in total. The Labute approximate surface area is 153 Å². The highest BCUT2D eigenvalue weighted by molar-refractivity contribution is 6.30. The zero-order valence-corrected chi connectivity index (χ0v) is 15.0. The number of rotatable bonds is 3. The van der Waals surface area contributed by atoms with Crippen molar-refractivity contribution in [2.45, 2.75) is 30.9 Å². The molecule has 5 rings (SSSR count). The van der Waals surface area contributed by atoms with Gasteiger partial charge in [0.2, 0.25) is 0 Å². The van der Waals surface area contributed by atoms with Crippen LogP contribution in [0.3, 0.4) is 0 Å². The lowest BCUT2D eigenvalue weighted by Gasteiger charge is -2.52. The van der Waals surface area contributed by atoms with Gasteiger partial charge in [-0.25, -0.2) is 0 Å². The molecule has 3 aliphatic heterocycles. The molecule has 0 saturated carbocycles. The number of halogens is 2. The van der Waals surface area contributed by atoms with E-state index in [0.29, 0.717) is 16.0 Å². The highest BCUT2D eigenvalue weighted by Crippen LogP contribution is 2.44. The lowest BCUT2D eigenvalue weighted by atomic mass is 9.71. The Kier molecular flexibility index (Phi) is 4.34. The van der Waals surface area contributed by atoms with Gasteiger partial charge in [0.25, 0.3) is 0 Å². The smallest absolute Gasteiger partial charge is 0.130 e. The minimum Gasteiger partial charge on any atom is -0.379 e. The van der Waals surface area contributed by atoms with Crippen molar-refractivity contribution in [3.05, 3.63) is 69.7 Å². The van der Waals surface area contributed by atoms with Gasteiger partial charge in [-0.05, 0) is 73.7 Å². The van der Waals surface area contributed by atoms with Gasteiger partial charge in [0, 0.05) is 16.1 Å². The molecular formula is C20H21Cl2NO. The molecule has 4 heteroatoms. The van der Waals surface area contributed by atoms with Crippen LogP contribution in [0.2, 0.25) is 10.0 Å². The predicted molar refractivity (Wildman–Crippen MR) is 98.6 cm³/mol. The summed E-state index contributed by atoms with van der Waals surface area (Å²) >= 11 is 12.1. The maximum Gasteiger partial charge on any atom is 0.130 e. The summed E-state index contributed by atoms with van der Waals surface area (Å²) in [5, 5.41) is 13.3. The topological polar surface area (TPSA) is 23.5 Å². The van der Waals surface area contributed by atoms with E-state index in [2.05, 4.69) is 4.90 Å². The maximum atomic E-state index is 12.0. The fraction of sp³-hybridized carbons (Fsp3) is 0.400. The number of benzene rings is 2. The van der Waals surface area contributed by atoms with Crippen molar-refractivity contribution >= 4 is 23.2 Å². The number of aliphatic hydroxyl groups is 1. The highest BCUT2D eigenvalue weighted by Gasteiger charge is 2.48. The molecule has 0 unspecified atom stereocenters. The molecule has 2 aromatic rings. The fourth-order valence-corrected chi connectivity index (χ4v) is 4.61. The number of hydrogen-bond donors (Lipinski definition) is 1. The monoisotopic (exact) mass is 361 g/mol. The van der Waals surface area contributed by atoms with Gasteiger partial charge in [0.15, 0.2) is 0 Å². The summed E-state index contributed by atoms with van der Waals surface area (Å²) in [5.74, 6) is 0.714. The molecule has 3 fully saturated rings. The van der Waals surface area contributed by atoms with Gasteiger partial charge in [-0.2, -0.15) is 0 Å². The Morgan fingerprint density at radius 1 is 0.833 bits per heavy atom. The van der Waals surface area contributed by atoms with Crippen LogP contribution in [0.25, 0.3) is 0 Å². The van der Waals surface area contributed by atoms with Crippen molar-refractivity contribution < 1.29 is 5.11 Å². The summed E-state index contributed by atoms with van der Waals surface area (Å²) in [4.78, 5) is 2.45. The minimum atomic E-state index is -1.05. The van der Waals surface area contributed by atoms with Gasteiger partial charge < -0.3 is 5.11 Å². The highest BCUT2D eigenvalue weighted by atomic mass is 35.5. The van der Waals surface area contributed by atoms with Crippen LogP contribution in [0.1, 0.15) is 30.4 Å². The number of fused-ring (bicyclic) bond motifs is 3. The van der Waals surface area contributed by atoms with Gasteiger partial charge in [-0.3, -0.25) is 4.90 Å². The van der Waals surface area contributed by atoms with Gasteiger partial charge in [0.05, 0.1) is 0 Å². The molecule has 2 bridgehead atoms. The van der Waals surface area contributed by atoms with E-state index in [4.69, 9.17) is 23.2 Å².